The molecule has 0 atom stereocenters. The van der Waals surface area contributed by atoms with Crippen molar-refractivity contribution in [3.8, 4) is 11.3 Å². The lowest BCUT2D eigenvalue weighted by Gasteiger charge is -2.02. The SMILES string of the molecule is Clc1cc(-c2ccn[nH]2)cc(Cl)c1Cl. The smallest absolute Gasteiger partial charge is 0.0778 e. The number of nitrogens with zero attached hydrogens (tertiary/aromatic N) is 1. The first-order valence-corrected chi connectivity index (χ1v) is 4.96. The van der Waals surface area contributed by atoms with Crippen LogP contribution in [0.2, 0.25) is 15.1 Å². The molecule has 0 spiro atoms. The number of hydrogen-bond acceptors (Lipinski definition) is 1. The molecule has 0 bridgehead atoms. The second-order valence-corrected chi connectivity index (χ2v) is 3.92. The van der Waals surface area contributed by atoms with E-state index in [0.717, 1.165) is 11.3 Å². The van der Waals surface area contributed by atoms with E-state index in [9.17, 15) is 0 Å². The first-order valence-electron chi connectivity index (χ1n) is 3.83. The van der Waals surface area contributed by atoms with Crippen LogP contribution in [0.15, 0.2) is 24.4 Å². The van der Waals surface area contributed by atoms with Crippen LogP contribution in [-0.2, 0) is 0 Å². The fourth-order valence-electron chi connectivity index (χ4n) is 1.13. The van der Waals surface area contributed by atoms with Gasteiger partial charge in [0, 0.05) is 11.8 Å². The molecule has 0 saturated carbocycles. The summed E-state index contributed by atoms with van der Waals surface area (Å²) in [5, 5.41) is 7.89. The minimum Gasteiger partial charge on any atom is -0.278 e. The zero-order valence-electron chi connectivity index (χ0n) is 6.89. The molecule has 0 amide bonds. The van der Waals surface area contributed by atoms with E-state index in [4.69, 9.17) is 34.8 Å². The molecule has 0 aliphatic rings. The van der Waals surface area contributed by atoms with Crippen molar-refractivity contribution in [3.05, 3.63) is 39.5 Å². The van der Waals surface area contributed by atoms with E-state index in [1.807, 2.05) is 6.07 Å². The van der Waals surface area contributed by atoms with Gasteiger partial charge < -0.3 is 0 Å². The molecule has 2 rings (SSSR count). The Morgan fingerprint density at radius 2 is 1.71 bits per heavy atom. The van der Waals surface area contributed by atoms with Gasteiger partial charge >= 0.3 is 0 Å². The van der Waals surface area contributed by atoms with Gasteiger partial charge in [0.1, 0.15) is 0 Å². The number of hydrogen-bond donors (Lipinski definition) is 1. The summed E-state index contributed by atoms with van der Waals surface area (Å²) in [6.07, 6.45) is 1.66. The highest BCUT2D eigenvalue weighted by molar-refractivity contribution is 6.48. The number of rotatable bonds is 1. The fourth-order valence-corrected chi connectivity index (χ4v) is 1.72. The summed E-state index contributed by atoms with van der Waals surface area (Å²) in [6, 6.07) is 5.31. The minimum absolute atomic E-state index is 0.372. The zero-order valence-corrected chi connectivity index (χ0v) is 9.16. The van der Waals surface area contributed by atoms with Crippen molar-refractivity contribution in [2.45, 2.75) is 0 Å². The molecule has 0 aliphatic heterocycles. The van der Waals surface area contributed by atoms with Crippen LogP contribution in [0.3, 0.4) is 0 Å². The second kappa shape index (κ2) is 3.81. The molecular formula is C9H5Cl3N2. The maximum Gasteiger partial charge on any atom is 0.0778 e. The Kier molecular flexibility index (Phi) is 2.68. The van der Waals surface area contributed by atoms with Crippen LogP contribution in [0.4, 0.5) is 0 Å². The molecule has 72 valence electrons. The fraction of sp³-hybridized carbons (Fsp3) is 0. The minimum atomic E-state index is 0.372. The van der Waals surface area contributed by atoms with Crippen LogP contribution in [-0.4, -0.2) is 10.2 Å². The Labute approximate surface area is 95.8 Å². The predicted octanol–water partition coefficient (Wildman–Crippen LogP) is 4.04. The average molecular weight is 248 g/mol. The van der Waals surface area contributed by atoms with Crippen molar-refractivity contribution in [2.75, 3.05) is 0 Å². The van der Waals surface area contributed by atoms with E-state index in [2.05, 4.69) is 10.2 Å². The van der Waals surface area contributed by atoms with E-state index in [-0.39, 0.29) is 0 Å². The third kappa shape index (κ3) is 1.73. The zero-order chi connectivity index (χ0) is 10.1. The molecule has 1 heterocycles. The molecule has 0 saturated heterocycles. The lowest BCUT2D eigenvalue weighted by molar-refractivity contribution is 1.10. The van der Waals surface area contributed by atoms with Gasteiger partial charge in [-0.3, -0.25) is 5.10 Å². The molecule has 14 heavy (non-hydrogen) atoms. The van der Waals surface area contributed by atoms with Gasteiger partial charge in [-0.05, 0) is 18.2 Å². The summed E-state index contributed by atoms with van der Waals surface area (Å²) >= 11 is 17.6. The summed E-state index contributed by atoms with van der Waals surface area (Å²) in [4.78, 5) is 0. The van der Waals surface area contributed by atoms with E-state index < -0.39 is 0 Å². The Hall–Kier alpha value is -0.700. The molecule has 1 N–H and O–H groups in total. The molecule has 5 heteroatoms. The van der Waals surface area contributed by atoms with Gasteiger partial charge in [-0.1, -0.05) is 34.8 Å². The Bertz CT molecular complexity index is 428. The first kappa shape index (κ1) is 9.84. The van der Waals surface area contributed by atoms with E-state index >= 15 is 0 Å². The molecule has 0 fully saturated rings. The van der Waals surface area contributed by atoms with E-state index in [1.54, 1.807) is 18.3 Å². The monoisotopic (exact) mass is 246 g/mol. The van der Waals surface area contributed by atoms with Crippen LogP contribution < -0.4 is 0 Å². The molecule has 1 aromatic carbocycles. The number of H-pyrrole nitrogens is 1. The van der Waals surface area contributed by atoms with Crippen molar-refractivity contribution < 1.29 is 0 Å². The lowest BCUT2D eigenvalue weighted by Crippen LogP contribution is -1.80. The molecule has 2 nitrogen and oxygen atoms in total. The van der Waals surface area contributed by atoms with Gasteiger partial charge in [0.2, 0.25) is 0 Å². The van der Waals surface area contributed by atoms with Gasteiger partial charge in [-0.25, -0.2) is 0 Å². The molecule has 2 aromatic rings. The van der Waals surface area contributed by atoms with Crippen molar-refractivity contribution in [1.29, 1.82) is 0 Å². The number of benzene rings is 1. The molecule has 0 radical (unpaired) electrons. The van der Waals surface area contributed by atoms with Gasteiger partial charge in [0.25, 0.3) is 0 Å². The molecule has 0 aliphatic carbocycles. The van der Waals surface area contributed by atoms with Crippen molar-refractivity contribution in [2.24, 2.45) is 0 Å². The highest BCUT2D eigenvalue weighted by Crippen LogP contribution is 2.34. The normalized spacial score (nSPS) is 10.5. The van der Waals surface area contributed by atoms with Crippen molar-refractivity contribution in [1.82, 2.24) is 10.2 Å². The number of aromatic amines is 1. The van der Waals surface area contributed by atoms with Crippen LogP contribution in [0.5, 0.6) is 0 Å². The van der Waals surface area contributed by atoms with Gasteiger partial charge in [-0.15, -0.1) is 0 Å². The third-order valence-corrected chi connectivity index (χ3v) is 2.99. The van der Waals surface area contributed by atoms with E-state index in [1.165, 1.54) is 0 Å². The van der Waals surface area contributed by atoms with Crippen molar-refractivity contribution in [3.63, 3.8) is 0 Å². The largest absolute Gasteiger partial charge is 0.278 e. The van der Waals surface area contributed by atoms with Crippen LogP contribution in [0, 0.1) is 0 Å². The number of aromatic nitrogens is 2. The highest BCUT2D eigenvalue weighted by atomic mass is 35.5. The summed E-state index contributed by atoms with van der Waals surface area (Å²) in [6.45, 7) is 0. The Morgan fingerprint density at radius 3 is 2.21 bits per heavy atom. The Balaban J connectivity index is 2.57. The van der Waals surface area contributed by atoms with Gasteiger partial charge in [0.15, 0.2) is 0 Å². The number of nitrogens with one attached hydrogen (secondary N) is 1. The summed E-state index contributed by atoms with van der Waals surface area (Å²) in [5.41, 5.74) is 1.72. The standard InChI is InChI=1S/C9H5Cl3N2/c10-6-3-5(4-7(11)9(6)12)8-1-2-13-14-8/h1-4H,(H,13,14). The van der Waals surface area contributed by atoms with Gasteiger partial charge in [-0.2, -0.15) is 5.10 Å². The summed E-state index contributed by atoms with van der Waals surface area (Å²) in [5.74, 6) is 0. The maximum atomic E-state index is 5.89. The predicted molar refractivity (Wildman–Crippen MR) is 59.1 cm³/mol. The summed E-state index contributed by atoms with van der Waals surface area (Å²) < 4.78 is 0. The van der Waals surface area contributed by atoms with Crippen LogP contribution >= 0.6 is 34.8 Å². The maximum absolute atomic E-state index is 5.89. The first-order chi connectivity index (χ1) is 6.68. The second-order valence-electron chi connectivity index (χ2n) is 2.72. The summed E-state index contributed by atoms with van der Waals surface area (Å²) in [7, 11) is 0. The van der Waals surface area contributed by atoms with Crippen molar-refractivity contribution >= 4 is 34.8 Å². The topological polar surface area (TPSA) is 28.7 Å². The third-order valence-electron chi connectivity index (χ3n) is 1.80. The highest BCUT2D eigenvalue weighted by Gasteiger charge is 2.07. The Morgan fingerprint density at radius 1 is 1.07 bits per heavy atom. The molecule has 1 aromatic heterocycles. The molecular weight excluding hydrogens is 242 g/mol. The quantitative estimate of drug-likeness (QED) is 0.757. The molecule has 0 unspecified atom stereocenters. The van der Waals surface area contributed by atoms with E-state index in [0.29, 0.717) is 15.1 Å². The average Bonchev–Trinajstić information content (AvgIpc) is 2.66. The lowest BCUT2D eigenvalue weighted by atomic mass is 10.1. The van der Waals surface area contributed by atoms with Crippen LogP contribution in [0.25, 0.3) is 11.3 Å². The van der Waals surface area contributed by atoms with Gasteiger partial charge in [0.05, 0.1) is 20.8 Å². The number of halogens is 3. The van der Waals surface area contributed by atoms with Crippen LogP contribution in [0.1, 0.15) is 0 Å².